The number of methoxy groups -OCH3 is 1. The number of carbonyl (C=O) groups is 3. The zero-order chi connectivity index (χ0) is 14.7. The molecule has 0 aliphatic rings. The van der Waals surface area contributed by atoms with E-state index < -0.39 is 4.75 Å². The fourth-order valence-corrected chi connectivity index (χ4v) is 2.89. The van der Waals surface area contributed by atoms with E-state index in [1.54, 1.807) is 6.92 Å². The van der Waals surface area contributed by atoms with Gasteiger partial charge in [0.25, 0.3) is 0 Å². The van der Waals surface area contributed by atoms with Crippen LogP contribution < -0.4 is 0 Å². The van der Waals surface area contributed by atoms with Gasteiger partial charge in [0.15, 0.2) is 0 Å². The van der Waals surface area contributed by atoms with Gasteiger partial charge in [0.2, 0.25) is 0 Å². The van der Waals surface area contributed by atoms with E-state index in [1.165, 1.54) is 18.9 Å². The van der Waals surface area contributed by atoms with Crippen LogP contribution in [0.3, 0.4) is 0 Å². The summed E-state index contributed by atoms with van der Waals surface area (Å²) in [5, 5.41) is 0. The van der Waals surface area contributed by atoms with Crippen LogP contribution in [0.25, 0.3) is 0 Å². The second-order valence-corrected chi connectivity index (χ2v) is 5.81. The van der Waals surface area contributed by atoms with E-state index in [2.05, 4.69) is 4.74 Å². The van der Waals surface area contributed by atoms with Gasteiger partial charge in [0.1, 0.15) is 12.1 Å². The molecule has 4 nitrogen and oxygen atoms in total. The zero-order valence-electron chi connectivity index (χ0n) is 12.1. The average Bonchev–Trinajstić information content (AvgIpc) is 2.40. The SMILES string of the molecule is COC(=O)CCCCCCC(CC=O)(SC)C(C)=O. The maximum atomic E-state index is 11.7. The molecule has 5 heteroatoms. The number of ketones is 1. The van der Waals surface area contributed by atoms with Crippen LogP contribution in [-0.2, 0) is 19.1 Å². The fourth-order valence-electron chi connectivity index (χ4n) is 2.02. The lowest BCUT2D eigenvalue weighted by atomic mass is 9.93. The Hall–Kier alpha value is -0.840. The second-order valence-electron chi connectivity index (χ2n) is 4.62. The molecule has 0 bridgehead atoms. The molecule has 0 amide bonds. The molecular formula is C14H24O4S. The number of ether oxygens (including phenoxy) is 1. The highest BCUT2D eigenvalue weighted by Crippen LogP contribution is 2.33. The van der Waals surface area contributed by atoms with Crippen LogP contribution in [0.15, 0.2) is 0 Å². The molecule has 0 aromatic carbocycles. The summed E-state index contributed by atoms with van der Waals surface area (Å²) < 4.78 is 4.01. The first kappa shape index (κ1) is 18.2. The molecule has 0 fully saturated rings. The van der Waals surface area contributed by atoms with Crippen LogP contribution >= 0.6 is 11.8 Å². The molecule has 0 rings (SSSR count). The summed E-state index contributed by atoms with van der Waals surface area (Å²) >= 11 is 1.47. The standard InChI is InChI=1S/C14H24O4S/c1-12(16)14(19-3,10-11-15)9-7-5-4-6-8-13(17)18-2/h11H,4-10H2,1-3H3. The predicted molar refractivity (Wildman–Crippen MR) is 77.3 cm³/mol. The molecule has 0 aromatic rings. The van der Waals surface area contributed by atoms with Crippen LogP contribution in [0.2, 0.25) is 0 Å². The van der Waals surface area contributed by atoms with E-state index in [0.29, 0.717) is 6.42 Å². The van der Waals surface area contributed by atoms with Crippen molar-refractivity contribution in [2.75, 3.05) is 13.4 Å². The van der Waals surface area contributed by atoms with Crippen molar-refractivity contribution in [3.8, 4) is 0 Å². The molecule has 1 unspecified atom stereocenters. The molecule has 0 saturated heterocycles. The quantitative estimate of drug-likeness (QED) is 0.332. The number of thioether (sulfide) groups is 1. The van der Waals surface area contributed by atoms with Crippen molar-refractivity contribution in [1.29, 1.82) is 0 Å². The summed E-state index contributed by atoms with van der Waals surface area (Å²) in [6.45, 7) is 1.55. The number of carbonyl (C=O) groups excluding carboxylic acids is 3. The molecule has 19 heavy (non-hydrogen) atoms. The van der Waals surface area contributed by atoms with Crippen molar-refractivity contribution in [3.63, 3.8) is 0 Å². The minimum Gasteiger partial charge on any atom is -0.469 e. The monoisotopic (exact) mass is 288 g/mol. The zero-order valence-corrected chi connectivity index (χ0v) is 12.9. The van der Waals surface area contributed by atoms with Gasteiger partial charge >= 0.3 is 5.97 Å². The number of rotatable bonds is 11. The van der Waals surface area contributed by atoms with Crippen molar-refractivity contribution in [1.82, 2.24) is 0 Å². The van der Waals surface area contributed by atoms with Gasteiger partial charge in [0, 0.05) is 12.8 Å². The summed E-state index contributed by atoms with van der Waals surface area (Å²) in [5.41, 5.74) is 0. The Morgan fingerprint density at radius 3 is 2.32 bits per heavy atom. The Labute approximate surface area is 119 Å². The number of unbranched alkanes of at least 4 members (excludes halogenated alkanes) is 3. The van der Waals surface area contributed by atoms with Crippen LogP contribution in [0.5, 0.6) is 0 Å². The Morgan fingerprint density at radius 2 is 1.84 bits per heavy atom. The molecule has 0 aliphatic heterocycles. The lowest BCUT2D eigenvalue weighted by molar-refractivity contribution is -0.140. The molecule has 0 heterocycles. The van der Waals surface area contributed by atoms with Crippen LogP contribution in [0, 0.1) is 0 Å². The first-order valence-electron chi connectivity index (χ1n) is 6.59. The van der Waals surface area contributed by atoms with Crippen LogP contribution in [0.4, 0.5) is 0 Å². The summed E-state index contributed by atoms with van der Waals surface area (Å²) in [7, 11) is 1.39. The highest BCUT2D eigenvalue weighted by atomic mass is 32.2. The van der Waals surface area contributed by atoms with Crippen molar-refractivity contribution in [2.45, 2.75) is 56.6 Å². The summed E-state index contributed by atoms with van der Waals surface area (Å²) in [5.74, 6) is -0.107. The Kier molecular flexibility index (Phi) is 9.57. The maximum absolute atomic E-state index is 11.7. The highest BCUT2D eigenvalue weighted by molar-refractivity contribution is 8.00. The van der Waals surface area contributed by atoms with Gasteiger partial charge in [-0.15, -0.1) is 0 Å². The first-order chi connectivity index (χ1) is 9.02. The minimum absolute atomic E-state index is 0.0710. The molecule has 0 spiro atoms. The largest absolute Gasteiger partial charge is 0.469 e. The molecule has 110 valence electrons. The molecule has 0 aliphatic carbocycles. The van der Waals surface area contributed by atoms with E-state index in [1.807, 2.05) is 6.26 Å². The van der Waals surface area contributed by atoms with E-state index >= 15 is 0 Å². The smallest absolute Gasteiger partial charge is 0.305 e. The molecule has 0 saturated carbocycles. The van der Waals surface area contributed by atoms with Gasteiger partial charge in [0.05, 0.1) is 11.9 Å². The van der Waals surface area contributed by atoms with Crippen LogP contribution in [-0.4, -0.2) is 36.2 Å². The summed E-state index contributed by atoms with van der Waals surface area (Å²) in [6.07, 6.45) is 7.78. The topological polar surface area (TPSA) is 60.4 Å². The first-order valence-corrected chi connectivity index (χ1v) is 7.81. The third-order valence-corrected chi connectivity index (χ3v) is 4.82. The van der Waals surface area contributed by atoms with Crippen molar-refractivity contribution >= 4 is 29.8 Å². The fraction of sp³-hybridized carbons (Fsp3) is 0.786. The van der Waals surface area contributed by atoms with Crippen LogP contribution in [0.1, 0.15) is 51.9 Å². The molecule has 0 N–H and O–H groups in total. The van der Waals surface area contributed by atoms with E-state index in [-0.39, 0.29) is 18.2 Å². The molecular weight excluding hydrogens is 264 g/mol. The van der Waals surface area contributed by atoms with Gasteiger partial charge in [-0.3, -0.25) is 9.59 Å². The minimum atomic E-state index is -0.551. The lowest BCUT2D eigenvalue weighted by Gasteiger charge is -2.27. The van der Waals surface area contributed by atoms with Gasteiger partial charge < -0.3 is 9.53 Å². The van der Waals surface area contributed by atoms with Crippen molar-refractivity contribution < 1.29 is 19.1 Å². The van der Waals surface area contributed by atoms with Crippen molar-refractivity contribution in [3.05, 3.63) is 0 Å². The lowest BCUT2D eigenvalue weighted by Crippen LogP contribution is -2.33. The van der Waals surface area contributed by atoms with Gasteiger partial charge in [-0.1, -0.05) is 19.3 Å². The van der Waals surface area contributed by atoms with E-state index in [4.69, 9.17) is 0 Å². The summed E-state index contributed by atoms with van der Waals surface area (Å²) in [4.78, 5) is 33.3. The number of esters is 1. The summed E-state index contributed by atoms with van der Waals surface area (Å²) in [6, 6.07) is 0. The second kappa shape index (κ2) is 10.0. The number of Topliss-reactive ketones (excluding diaryl/α,β-unsaturated/α-hetero) is 1. The molecule has 0 radical (unpaired) electrons. The predicted octanol–water partition coefficient (Wildman–Crippen LogP) is 2.78. The Balaban J connectivity index is 3.97. The third-order valence-electron chi connectivity index (χ3n) is 3.38. The van der Waals surface area contributed by atoms with Gasteiger partial charge in [-0.25, -0.2) is 0 Å². The van der Waals surface area contributed by atoms with E-state index in [0.717, 1.165) is 38.4 Å². The number of hydrogen-bond donors (Lipinski definition) is 0. The van der Waals surface area contributed by atoms with Gasteiger partial charge in [-0.2, -0.15) is 11.8 Å². The third kappa shape index (κ3) is 6.76. The Morgan fingerprint density at radius 1 is 1.21 bits per heavy atom. The molecule has 1 atom stereocenters. The number of aldehydes is 1. The van der Waals surface area contributed by atoms with Crippen molar-refractivity contribution in [2.24, 2.45) is 0 Å². The average molecular weight is 288 g/mol. The highest BCUT2D eigenvalue weighted by Gasteiger charge is 2.33. The molecule has 0 aromatic heterocycles. The maximum Gasteiger partial charge on any atom is 0.305 e. The normalized spacial score (nSPS) is 13.6. The number of hydrogen-bond acceptors (Lipinski definition) is 5. The van der Waals surface area contributed by atoms with E-state index in [9.17, 15) is 14.4 Å². The van der Waals surface area contributed by atoms with Gasteiger partial charge in [-0.05, 0) is 26.0 Å². The Bertz CT molecular complexity index is 304.